The molecule has 0 radical (unpaired) electrons. The summed E-state index contributed by atoms with van der Waals surface area (Å²) >= 11 is 3.99. The highest BCUT2D eigenvalue weighted by molar-refractivity contribution is 9.10. The number of benzene rings is 4. The van der Waals surface area contributed by atoms with Crippen LogP contribution in [0, 0.1) is 10.1 Å². The van der Waals surface area contributed by atoms with Crippen LogP contribution in [0.2, 0.25) is 0 Å². The summed E-state index contributed by atoms with van der Waals surface area (Å²) in [4.78, 5) is 12.9. The number of hydrogen-bond donors (Lipinski definition) is 0. The molecule has 4 aromatic carbocycles. The van der Waals surface area contributed by atoms with Crippen molar-refractivity contribution >= 4 is 53.9 Å². The average Bonchev–Trinajstić information content (AvgIpc) is 3.17. The van der Waals surface area contributed by atoms with Crippen molar-refractivity contribution in [3.63, 3.8) is 0 Å². The number of rotatable bonds is 27. The van der Waals surface area contributed by atoms with Crippen LogP contribution in [0.3, 0.4) is 0 Å². The quantitative estimate of drug-likeness (QED) is 0.0254. The molecule has 0 heterocycles. The van der Waals surface area contributed by atoms with Crippen LogP contribution < -0.4 is 28.4 Å². The number of fused-ring (bicyclic) bond motifs is 6. The monoisotopic (exact) mass is 811 g/mol. The predicted octanol–water partition coefficient (Wildman–Crippen LogP) is 13.7. The summed E-state index contributed by atoms with van der Waals surface area (Å²) in [7, 11) is 1.46. The molecule has 0 aromatic heterocycles. The summed E-state index contributed by atoms with van der Waals surface area (Å²) in [6.45, 7) is 13.3. The van der Waals surface area contributed by atoms with Gasteiger partial charge in [0.15, 0.2) is 28.7 Å². The molecule has 0 aliphatic heterocycles. The Hall–Kier alpha value is -3.66. The standard InChI is InChI=1S/C44H62BrNO8/c1-7-12-17-22-50-35-27-31-33(28-36(35)51-23-18-13-8-2)40-34(30-38(53-25-20-15-10-4)44(49-6)42(40)46(47)48)32-29-37(52-24-19-14-9-3)43(41(45)39(31)32)54-26-21-16-11-5/h27-30H,7-26H2,1-6H3. The van der Waals surface area contributed by atoms with E-state index in [1.54, 1.807) is 0 Å². The molecule has 0 atom stereocenters. The maximum absolute atomic E-state index is 13.2. The average molecular weight is 813 g/mol. The Balaban J connectivity index is 2.15. The topological polar surface area (TPSA) is 98.5 Å². The van der Waals surface area contributed by atoms with Gasteiger partial charge in [0.2, 0.25) is 5.75 Å². The third-order valence-corrected chi connectivity index (χ3v) is 10.5. The second-order valence-electron chi connectivity index (χ2n) is 14.0. The van der Waals surface area contributed by atoms with E-state index in [1.807, 2.05) is 24.3 Å². The van der Waals surface area contributed by atoms with Crippen molar-refractivity contribution in [2.24, 2.45) is 0 Å². The van der Waals surface area contributed by atoms with E-state index >= 15 is 0 Å². The second-order valence-corrected chi connectivity index (χ2v) is 14.8. The predicted molar refractivity (Wildman–Crippen MR) is 225 cm³/mol. The fourth-order valence-corrected chi connectivity index (χ4v) is 7.52. The van der Waals surface area contributed by atoms with E-state index in [2.05, 4.69) is 50.5 Å². The minimum absolute atomic E-state index is 0.0981. The summed E-state index contributed by atoms with van der Waals surface area (Å²) in [6, 6.07) is 7.77. The molecule has 0 saturated carbocycles. The SMILES string of the molecule is CCCCCOc1cc2c(cc1OCCCCC)c1c([N+](=O)[O-])c(OC)c(OCCCCC)cc1c1cc(OCCCCC)c(OCCCCC)c(Br)c21. The van der Waals surface area contributed by atoms with Gasteiger partial charge in [0, 0.05) is 16.2 Å². The Morgan fingerprint density at radius 2 is 0.833 bits per heavy atom. The first-order valence-electron chi connectivity index (χ1n) is 20.4. The summed E-state index contributed by atoms with van der Waals surface area (Å²) in [5.41, 5.74) is -0.151. The Kier molecular flexibility index (Phi) is 18.1. The number of unbranched alkanes of at least 4 members (excludes halogenated alkanes) is 10. The van der Waals surface area contributed by atoms with Gasteiger partial charge in [-0.05, 0) is 83.1 Å². The van der Waals surface area contributed by atoms with Crippen molar-refractivity contribution in [2.45, 2.75) is 131 Å². The van der Waals surface area contributed by atoms with E-state index in [0.717, 1.165) is 117 Å². The summed E-state index contributed by atoms with van der Waals surface area (Å²) in [6.07, 6.45) is 14.9. The lowest BCUT2D eigenvalue weighted by Crippen LogP contribution is -2.06. The van der Waals surface area contributed by atoms with Crippen LogP contribution in [-0.2, 0) is 0 Å². The van der Waals surface area contributed by atoms with E-state index in [1.165, 1.54) is 7.11 Å². The molecule has 0 aliphatic carbocycles. The molecule has 298 valence electrons. The van der Waals surface area contributed by atoms with E-state index in [-0.39, 0.29) is 16.4 Å². The Morgan fingerprint density at radius 3 is 1.20 bits per heavy atom. The smallest absolute Gasteiger partial charge is 0.323 e. The van der Waals surface area contributed by atoms with Gasteiger partial charge in [0.1, 0.15) is 0 Å². The third kappa shape index (κ3) is 10.8. The number of nitro benzene ring substituents is 1. The van der Waals surface area contributed by atoms with E-state index in [4.69, 9.17) is 28.4 Å². The fraction of sp³-hybridized carbons (Fsp3) is 0.591. The van der Waals surface area contributed by atoms with Crippen LogP contribution in [-0.4, -0.2) is 45.1 Å². The molecule has 0 fully saturated rings. The number of nitrogens with zero attached hydrogens (tertiary/aromatic N) is 1. The zero-order chi connectivity index (χ0) is 38.9. The molecular weight excluding hydrogens is 750 g/mol. The van der Waals surface area contributed by atoms with E-state index in [9.17, 15) is 10.1 Å². The van der Waals surface area contributed by atoms with Crippen molar-refractivity contribution in [3.8, 4) is 34.5 Å². The van der Waals surface area contributed by atoms with Gasteiger partial charge in [0.25, 0.3) is 0 Å². The van der Waals surface area contributed by atoms with Crippen LogP contribution in [0.1, 0.15) is 131 Å². The lowest BCUT2D eigenvalue weighted by atomic mass is 9.92. The highest BCUT2D eigenvalue weighted by atomic mass is 79.9. The Labute approximate surface area is 330 Å². The zero-order valence-corrected chi connectivity index (χ0v) is 35.1. The van der Waals surface area contributed by atoms with Gasteiger partial charge in [-0.3, -0.25) is 10.1 Å². The van der Waals surface area contributed by atoms with Gasteiger partial charge >= 0.3 is 5.69 Å². The molecule has 0 aliphatic rings. The molecule has 0 spiro atoms. The molecule has 0 amide bonds. The normalized spacial score (nSPS) is 11.4. The molecule has 54 heavy (non-hydrogen) atoms. The maximum atomic E-state index is 13.2. The Morgan fingerprint density at radius 1 is 0.500 bits per heavy atom. The van der Waals surface area contributed by atoms with Crippen molar-refractivity contribution in [1.29, 1.82) is 0 Å². The molecular formula is C44H62BrNO8. The van der Waals surface area contributed by atoms with Crippen LogP contribution in [0.4, 0.5) is 5.69 Å². The lowest BCUT2D eigenvalue weighted by Gasteiger charge is -2.21. The van der Waals surface area contributed by atoms with Gasteiger partial charge in [-0.1, -0.05) is 98.8 Å². The molecule has 0 unspecified atom stereocenters. The van der Waals surface area contributed by atoms with Crippen molar-refractivity contribution in [1.82, 2.24) is 0 Å². The highest BCUT2D eigenvalue weighted by Crippen LogP contribution is 2.54. The summed E-state index contributed by atoms with van der Waals surface area (Å²) in [5.74, 6) is 2.83. The maximum Gasteiger partial charge on any atom is 0.323 e. The summed E-state index contributed by atoms with van der Waals surface area (Å²) in [5, 5.41) is 17.4. The van der Waals surface area contributed by atoms with E-state index in [0.29, 0.717) is 77.9 Å². The van der Waals surface area contributed by atoms with Gasteiger partial charge in [-0.2, -0.15) is 0 Å². The molecule has 9 nitrogen and oxygen atoms in total. The molecule has 10 heteroatoms. The molecule has 4 aromatic rings. The van der Waals surface area contributed by atoms with Crippen molar-refractivity contribution < 1.29 is 33.3 Å². The number of hydrogen-bond acceptors (Lipinski definition) is 8. The Bertz CT molecular complexity index is 1780. The largest absolute Gasteiger partial charge is 0.490 e. The first-order chi connectivity index (χ1) is 26.4. The lowest BCUT2D eigenvalue weighted by molar-refractivity contribution is -0.383. The second kappa shape index (κ2) is 22.7. The number of methoxy groups -OCH3 is 1. The molecule has 0 saturated heterocycles. The number of nitro groups is 1. The zero-order valence-electron chi connectivity index (χ0n) is 33.5. The highest BCUT2D eigenvalue weighted by Gasteiger charge is 2.31. The van der Waals surface area contributed by atoms with Crippen LogP contribution >= 0.6 is 15.9 Å². The first-order valence-corrected chi connectivity index (χ1v) is 21.2. The van der Waals surface area contributed by atoms with Crippen molar-refractivity contribution in [3.05, 3.63) is 38.9 Å². The molecule has 4 rings (SSSR count). The molecule has 0 N–H and O–H groups in total. The minimum atomic E-state index is -0.356. The van der Waals surface area contributed by atoms with Gasteiger partial charge in [0.05, 0.1) is 54.9 Å². The number of ether oxygens (including phenoxy) is 6. The fourth-order valence-electron chi connectivity index (χ4n) is 6.78. The van der Waals surface area contributed by atoms with Gasteiger partial charge in [-0.15, -0.1) is 0 Å². The third-order valence-electron chi connectivity index (χ3n) is 9.72. The van der Waals surface area contributed by atoms with E-state index < -0.39 is 0 Å². The summed E-state index contributed by atoms with van der Waals surface area (Å²) < 4.78 is 38.7. The van der Waals surface area contributed by atoms with Crippen LogP contribution in [0.15, 0.2) is 28.7 Å². The van der Waals surface area contributed by atoms with Crippen molar-refractivity contribution in [2.75, 3.05) is 40.1 Å². The van der Waals surface area contributed by atoms with Crippen LogP contribution in [0.5, 0.6) is 34.5 Å². The number of halogens is 1. The first kappa shape index (κ1) is 43.1. The van der Waals surface area contributed by atoms with Crippen LogP contribution in [0.25, 0.3) is 32.3 Å². The van der Waals surface area contributed by atoms with Gasteiger partial charge in [-0.25, -0.2) is 0 Å². The van der Waals surface area contributed by atoms with Gasteiger partial charge < -0.3 is 28.4 Å². The molecule has 0 bridgehead atoms. The minimum Gasteiger partial charge on any atom is -0.490 e.